The lowest BCUT2D eigenvalue weighted by molar-refractivity contribution is 0.0742. The molecule has 1 aromatic rings. The van der Waals surface area contributed by atoms with Crippen molar-refractivity contribution in [1.82, 2.24) is 4.90 Å². The molecule has 1 aliphatic heterocycles. The van der Waals surface area contributed by atoms with E-state index >= 15 is 0 Å². The van der Waals surface area contributed by atoms with Gasteiger partial charge in [0, 0.05) is 18.7 Å². The lowest BCUT2D eigenvalue weighted by Gasteiger charge is -2.25. The Bertz CT molecular complexity index is 472. The molecular weight excluding hydrogens is 246 g/mol. The molecule has 1 saturated heterocycles. The van der Waals surface area contributed by atoms with Gasteiger partial charge in [0.25, 0.3) is 5.91 Å². The Morgan fingerprint density at radius 1 is 0.800 bits per heavy atom. The zero-order valence-corrected chi connectivity index (χ0v) is 12.4. The smallest absolute Gasteiger partial charge is 0.253 e. The summed E-state index contributed by atoms with van der Waals surface area (Å²) in [5.41, 5.74) is 3.78. The van der Waals surface area contributed by atoms with Gasteiger partial charge < -0.3 is 4.90 Å². The summed E-state index contributed by atoms with van der Waals surface area (Å²) in [5, 5.41) is 0. The standard InChI is InChI=1S/C18H25NO/c20-18(19-12-6-2-1-3-7-13-19)17-11-10-15-8-4-5-9-16(15)14-17/h10-11,14H,1-9,12-13H2. The number of carbonyl (C=O) groups excluding carboxylic acids is 1. The van der Waals surface area contributed by atoms with Crippen LogP contribution >= 0.6 is 0 Å². The van der Waals surface area contributed by atoms with Crippen molar-refractivity contribution < 1.29 is 4.79 Å². The lowest BCUT2D eigenvalue weighted by Crippen LogP contribution is -2.33. The van der Waals surface area contributed by atoms with Crippen LogP contribution < -0.4 is 0 Å². The number of benzene rings is 1. The molecule has 1 fully saturated rings. The van der Waals surface area contributed by atoms with Crippen LogP contribution in [-0.4, -0.2) is 23.9 Å². The van der Waals surface area contributed by atoms with Gasteiger partial charge in [-0.1, -0.05) is 25.3 Å². The van der Waals surface area contributed by atoms with Gasteiger partial charge in [-0.2, -0.15) is 0 Å². The highest BCUT2D eigenvalue weighted by molar-refractivity contribution is 5.94. The van der Waals surface area contributed by atoms with Gasteiger partial charge in [-0.3, -0.25) is 4.79 Å². The van der Waals surface area contributed by atoms with Crippen LogP contribution in [0.4, 0.5) is 0 Å². The van der Waals surface area contributed by atoms with Crippen molar-refractivity contribution >= 4 is 5.91 Å². The van der Waals surface area contributed by atoms with E-state index in [1.807, 2.05) is 6.07 Å². The Balaban J connectivity index is 1.75. The van der Waals surface area contributed by atoms with Crippen LogP contribution in [0.3, 0.4) is 0 Å². The van der Waals surface area contributed by atoms with Crippen LogP contribution in [0.2, 0.25) is 0 Å². The van der Waals surface area contributed by atoms with Crippen LogP contribution in [0, 0.1) is 0 Å². The van der Waals surface area contributed by atoms with E-state index in [0.717, 1.165) is 37.9 Å². The first-order valence-electron chi connectivity index (χ1n) is 8.26. The molecule has 0 spiro atoms. The zero-order valence-electron chi connectivity index (χ0n) is 12.4. The van der Waals surface area contributed by atoms with E-state index in [1.54, 1.807) is 0 Å². The van der Waals surface area contributed by atoms with Crippen LogP contribution in [0.15, 0.2) is 18.2 Å². The van der Waals surface area contributed by atoms with Gasteiger partial charge >= 0.3 is 0 Å². The van der Waals surface area contributed by atoms with Gasteiger partial charge in [0.2, 0.25) is 0 Å². The molecule has 0 unspecified atom stereocenters. The van der Waals surface area contributed by atoms with Crippen molar-refractivity contribution in [3.05, 3.63) is 34.9 Å². The fourth-order valence-corrected chi connectivity index (χ4v) is 3.50. The highest BCUT2D eigenvalue weighted by atomic mass is 16.2. The maximum Gasteiger partial charge on any atom is 0.253 e. The number of nitrogens with zero attached hydrogens (tertiary/aromatic N) is 1. The van der Waals surface area contributed by atoms with E-state index in [0.29, 0.717) is 0 Å². The van der Waals surface area contributed by atoms with Gasteiger partial charge in [0.1, 0.15) is 0 Å². The first-order valence-corrected chi connectivity index (χ1v) is 8.26. The van der Waals surface area contributed by atoms with Gasteiger partial charge in [-0.25, -0.2) is 0 Å². The molecule has 1 heterocycles. The minimum Gasteiger partial charge on any atom is -0.339 e. The number of fused-ring (bicyclic) bond motifs is 1. The van der Waals surface area contributed by atoms with Crippen molar-refractivity contribution in [2.24, 2.45) is 0 Å². The third-order valence-corrected chi connectivity index (χ3v) is 4.74. The molecule has 2 nitrogen and oxygen atoms in total. The van der Waals surface area contributed by atoms with Crippen molar-refractivity contribution in [1.29, 1.82) is 0 Å². The topological polar surface area (TPSA) is 20.3 Å². The molecule has 0 N–H and O–H groups in total. The van der Waals surface area contributed by atoms with E-state index < -0.39 is 0 Å². The summed E-state index contributed by atoms with van der Waals surface area (Å²) >= 11 is 0. The van der Waals surface area contributed by atoms with Gasteiger partial charge in [-0.15, -0.1) is 0 Å². The monoisotopic (exact) mass is 271 g/mol. The molecule has 0 radical (unpaired) electrons. The quantitative estimate of drug-likeness (QED) is 0.757. The van der Waals surface area contributed by atoms with Crippen molar-refractivity contribution in [3.8, 4) is 0 Å². The number of likely N-dealkylation sites (tertiary alicyclic amines) is 1. The van der Waals surface area contributed by atoms with Gasteiger partial charge in [-0.05, 0) is 61.8 Å². The SMILES string of the molecule is O=C(c1ccc2c(c1)CCCC2)N1CCCCCCC1. The first-order chi connectivity index (χ1) is 9.84. The maximum absolute atomic E-state index is 12.7. The number of amides is 1. The average molecular weight is 271 g/mol. The van der Waals surface area contributed by atoms with E-state index in [-0.39, 0.29) is 5.91 Å². The highest BCUT2D eigenvalue weighted by Gasteiger charge is 2.18. The fraction of sp³-hybridized carbons (Fsp3) is 0.611. The first kappa shape index (κ1) is 13.7. The molecule has 1 aromatic carbocycles. The van der Waals surface area contributed by atoms with Gasteiger partial charge in [0.15, 0.2) is 0 Å². The lowest BCUT2D eigenvalue weighted by atomic mass is 9.90. The number of hydrogen-bond donors (Lipinski definition) is 0. The molecule has 3 rings (SSSR count). The van der Waals surface area contributed by atoms with Crippen molar-refractivity contribution in [3.63, 3.8) is 0 Å². The Morgan fingerprint density at radius 2 is 1.45 bits per heavy atom. The summed E-state index contributed by atoms with van der Waals surface area (Å²) in [6, 6.07) is 6.40. The second-order valence-corrected chi connectivity index (χ2v) is 6.25. The normalized spacial score (nSPS) is 19.9. The molecular formula is C18H25NO. The number of hydrogen-bond acceptors (Lipinski definition) is 1. The van der Waals surface area contributed by atoms with Crippen LogP contribution in [-0.2, 0) is 12.8 Å². The number of carbonyl (C=O) groups is 1. The Morgan fingerprint density at radius 3 is 2.20 bits per heavy atom. The maximum atomic E-state index is 12.7. The van der Waals surface area contributed by atoms with Gasteiger partial charge in [0.05, 0.1) is 0 Å². The molecule has 0 saturated carbocycles. The molecule has 0 bridgehead atoms. The van der Waals surface area contributed by atoms with E-state index in [4.69, 9.17) is 0 Å². The molecule has 0 aromatic heterocycles. The minimum absolute atomic E-state index is 0.250. The molecule has 2 aliphatic rings. The van der Waals surface area contributed by atoms with Crippen molar-refractivity contribution in [2.45, 2.75) is 57.8 Å². The summed E-state index contributed by atoms with van der Waals surface area (Å²) in [7, 11) is 0. The Kier molecular flexibility index (Phi) is 4.39. The van der Waals surface area contributed by atoms with E-state index in [1.165, 1.54) is 49.7 Å². The van der Waals surface area contributed by atoms with E-state index in [2.05, 4.69) is 17.0 Å². The summed E-state index contributed by atoms with van der Waals surface area (Å²) in [6.07, 6.45) is 11.1. The van der Waals surface area contributed by atoms with Crippen molar-refractivity contribution in [2.75, 3.05) is 13.1 Å². The second kappa shape index (κ2) is 6.43. The molecule has 20 heavy (non-hydrogen) atoms. The van der Waals surface area contributed by atoms with E-state index in [9.17, 15) is 4.79 Å². The summed E-state index contributed by atoms with van der Waals surface area (Å²) in [6.45, 7) is 1.88. The largest absolute Gasteiger partial charge is 0.339 e. The zero-order chi connectivity index (χ0) is 13.8. The highest BCUT2D eigenvalue weighted by Crippen LogP contribution is 2.23. The van der Waals surface area contributed by atoms with Crippen LogP contribution in [0.5, 0.6) is 0 Å². The molecule has 108 valence electrons. The number of rotatable bonds is 1. The Hall–Kier alpha value is -1.31. The van der Waals surface area contributed by atoms with Crippen LogP contribution in [0.1, 0.15) is 66.4 Å². The molecule has 1 aliphatic carbocycles. The van der Waals surface area contributed by atoms with Crippen LogP contribution in [0.25, 0.3) is 0 Å². The predicted molar refractivity (Wildman–Crippen MR) is 82.1 cm³/mol. The molecule has 1 amide bonds. The molecule has 2 heteroatoms. The average Bonchev–Trinajstić information content (AvgIpc) is 2.46. The third-order valence-electron chi connectivity index (χ3n) is 4.74. The summed E-state index contributed by atoms with van der Waals surface area (Å²) < 4.78 is 0. The number of aryl methyl sites for hydroxylation is 2. The molecule has 0 atom stereocenters. The fourth-order valence-electron chi connectivity index (χ4n) is 3.50. The third kappa shape index (κ3) is 3.05. The summed E-state index contributed by atoms with van der Waals surface area (Å²) in [5.74, 6) is 0.250. The predicted octanol–water partition coefficient (Wildman–Crippen LogP) is 3.97. The minimum atomic E-state index is 0.250. The Labute approximate surface area is 122 Å². The summed E-state index contributed by atoms with van der Waals surface area (Å²) in [4.78, 5) is 14.7. The second-order valence-electron chi connectivity index (χ2n) is 6.25.